The number of pyridine rings is 1. The molecule has 3 heteroatoms. The Balaban J connectivity index is 2.82. The van der Waals surface area contributed by atoms with Crippen molar-refractivity contribution in [2.75, 3.05) is 0 Å². The van der Waals surface area contributed by atoms with Gasteiger partial charge in [0, 0.05) is 12.1 Å². The second kappa shape index (κ2) is 3.42. The summed E-state index contributed by atoms with van der Waals surface area (Å²) in [6.45, 7) is 4.13. The Morgan fingerprint density at radius 2 is 2.21 bits per heavy atom. The molecular formula is C11H14N2O. The Morgan fingerprint density at radius 1 is 1.43 bits per heavy atom. The number of aliphatic hydroxyl groups excluding tert-OH is 1. The molecule has 0 spiro atoms. The Morgan fingerprint density at radius 3 is 2.86 bits per heavy atom. The van der Waals surface area contributed by atoms with E-state index in [0.717, 1.165) is 29.1 Å². The van der Waals surface area contributed by atoms with Gasteiger partial charge in [0.2, 0.25) is 0 Å². The average Bonchev–Trinajstić information content (AvgIpc) is 2.57. The molecule has 0 unspecified atom stereocenters. The zero-order valence-corrected chi connectivity index (χ0v) is 8.49. The van der Waals surface area contributed by atoms with Gasteiger partial charge in [-0.25, -0.2) is 4.98 Å². The van der Waals surface area contributed by atoms with E-state index < -0.39 is 0 Å². The lowest BCUT2D eigenvalue weighted by atomic mass is 10.3. The number of nitrogens with zero attached hydrogens (tertiary/aromatic N) is 2. The van der Waals surface area contributed by atoms with E-state index in [9.17, 15) is 0 Å². The van der Waals surface area contributed by atoms with Crippen molar-refractivity contribution < 1.29 is 5.11 Å². The smallest absolute Gasteiger partial charge is 0.113 e. The quantitative estimate of drug-likeness (QED) is 0.782. The molecule has 14 heavy (non-hydrogen) atoms. The number of aromatic nitrogens is 2. The van der Waals surface area contributed by atoms with E-state index in [4.69, 9.17) is 5.11 Å². The first-order valence-electron chi connectivity index (χ1n) is 4.84. The predicted octanol–water partition coefficient (Wildman–Crippen LogP) is 1.70. The standard InChI is InChI=1S/C11H14N2O/c1-3-11-12-9(7-14)10-6-4-5-8(2)13(10)11/h4-6,14H,3,7H2,1-2H3. The van der Waals surface area contributed by atoms with Crippen molar-refractivity contribution in [1.82, 2.24) is 9.38 Å². The van der Waals surface area contributed by atoms with Crippen LogP contribution in [0, 0.1) is 6.92 Å². The Labute approximate surface area is 83.0 Å². The van der Waals surface area contributed by atoms with Crippen molar-refractivity contribution in [3.05, 3.63) is 35.4 Å². The van der Waals surface area contributed by atoms with Gasteiger partial charge in [-0.3, -0.25) is 0 Å². The first kappa shape index (κ1) is 9.21. The van der Waals surface area contributed by atoms with E-state index in [1.54, 1.807) is 0 Å². The summed E-state index contributed by atoms with van der Waals surface area (Å²) in [4.78, 5) is 4.40. The predicted molar refractivity (Wildman–Crippen MR) is 55.2 cm³/mol. The molecule has 0 aliphatic heterocycles. The summed E-state index contributed by atoms with van der Waals surface area (Å²) in [5.41, 5.74) is 2.95. The van der Waals surface area contributed by atoms with E-state index in [1.165, 1.54) is 0 Å². The van der Waals surface area contributed by atoms with Gasteiger partial charge in [0.05, 0.1) is 17.8 Å². The molecule has 0 saturated heterocycles. The van der Waals surface area contributed by atoms with Crippen LogP contribution in [0.3, 0.4) is 0 Å². The summed E-state index contributed by atoms with van der Waals surface area (Å²) < 4.78 is 2.10. The van der Waals surface area contributed by atoms with E-state index in [0.29, 0.717) is 0 Å². The van der Waals surface area contributed by atoms with Gasteiger partial charge in [0.1, 0.15) is 5.82 Å². The number of hydrogen-bond donors (Lipinski definition) is 1. The summed E-state index contributed by atoms with van der Waals surface area (Å²) in [6, 6.07) is 6.03. The molecule has 0 atom stereocenters. The minimum absolute atomic E-state index is 0.00690. The first-order chi connectivity index (χ1) is 6.77. The molecule has 0 aliphatic rings. The molecule has 0 amide bonds. The van der Waals surface area contributed by atoms with E-state index in [1.807, 2.05) is 12.1 Å². The summed E-state index contributed by atoms with van der Waals surface area (Å²) in [7, 11) is 0. The summed E-state index contributed by atoms with van der Waals surface area (Å²) >= 11 is 0. The normalized spacial score (nSPS) is 11.1. The van der Waals surface area contributed by atoms with Crippen molar-refractivity contribution >= 4 is 5.52 Å². The molecule has 2 rings (SSSR count). The van der Waals surface area contributed by atoms with Crippen LogP contribution < -0.4 is 0 Å². The Kier molecular flexibility index (Phi) is 2.25. The van der Waals surface area contributed by atoms with Crippen LogP contribution in [-0.2, 0) is 13.0 Å². The van der Waals surface area contributed by atoms with Crippen LogP contribution in [0.5, 0.6) is 0 Å². The summed E-state index contributed by atoms with van der Waals surface area (Å²) in [5, 5.41) is 9.16. The van der Waals surface area contributed by atoms with Crippen molar-refractivity contribution in [3.63, 3.8) is 0 Å². The molecule has 0 saturated carbocycles. The second-order valence-corrected chi connectivity index (χ2v) is 3.37. The molecule has 0 bridgehead atoms. The number of rotatable bonds is 2. The number of fused-ring (bicyclic) bond motifs is 1. The highest BCUT2D eigenvalue weighted by Gasteiger charge is 2.09. The minimum Gasteiger partial charge on any atom is -0.390 e. The van der Waals surface area contributed by atoms with Crippen molar-refractivity contribution in [3.8, 4) is 0 Å². The molecule has 0 radical (unpaired) electrons. The highest BCUT2D eigenvalue weighted by Crippen LogP contribution is 2.15. The zero-order valence-electron chi connectivity index (χ0n) is 8.49. The van der Waals surface area contributed by atoms with E-state index in [2.05, 4.69) is 29.3 Å². The van der Waals surface area contributed by atoms with Gasteiger partial charge >= 0.3 is 0 Å². The van der Waals surface area contributed by atoms with E-state index >= 15 is 0 Å². The third-order valence-corrected chi connectivity index (χ3v) is 2.47. The van der Waals surface area contributed by atoms with E-state index in [-0.39, 0.29) is 6.61 Å². The van der Waals surface area contributed by atoms with Crippen LogP contribution in [0.15, 0.2) is 18.2 Å². The van der Waals surface area contributed by atoms with Crippen LogP contribution in [0.4, 0.5) is 0 Å². The number of aliphatic hydroxyl groups is 1. The molecule has 0 aliphatic carbocycles. The van der Waals surface area contributed by atoms with Crippen molar-refractivity contribution in [2.45, 2.75) is 26.9 Å². The summed E-state index contributed by atoms with van der Waals surface area (Å²) in [5.74, 6) is 1.02. The fourth-order valence-electron chi connectivity index (χ4n) is 1.80. The monoisotopic (exact) mass is 190 g/mol. The van der Waals surface area contributed by atoms with Gasteiger partial charge in [0.15, 0.2) is 0 Å². The van der Waals surface area contributed by atoms with Crippen LogP contribution >= 0.6 is 0 Å². The van der Waals surface area contributed by atoms with Crippen LogP contribution in [0.25, 0.3) is 5.52 Å². The van der Waals surface area contributed by atoms with Gasteiger partial charge < -0.3 is 9.51 Å². The number of aryl methyl sites for hydroxylation is 2. The SMILES string of the molecule is CCc1nc(CO)c2cccc(C)n12. The molecule has 0 fully saturated rings. The molecule has 2 aromatic heterocycles. The molecule has 0 aromatic carbocycles. The zero-order chi connectivity index (χ0) is 10.1. The average molecular weight is 190 g/mol. The fourth-order valence-corrected chi connectivity index (χ4v) is 1.80. The van der Waals surface area contributed by atoms with Crippen molar-refractivity contribution in [1.29, 1.82) is 0 Å². The molecule has 1 N–H and O–H groups in total. The lowest BCUT2D eigenvalue weighted by Crippen LogP contribution is -1.95. The number of imidazole rings is 1. The maximum Gasteiger partial charge on any atom is 0.113 e. The largest absolute Gasteiger partial charge is 0.390 e. The maximum absolute atomic E-state index is 9.16. The molecular weight excluding hydrogens is 176 g/mol. The third kappa shape index (κ3) is 1.21. The number of hydrogen-bond acceptors (Lipinski definition) is 2. The third-order valence-electron chi connectivity index (χ3n) is 2.47. The Hall–Kier alpha value is -1.35. The van der Waals surface area contributed by atoms with Gasteiger partial charge in [-0.05, 0) is 19.1 Å². The van der Waals surface area contributed by atoms with Gasteiger partial charge in [-0.1, -0.05) is 13.0 Å². The summed E-state index contributed by atoms with van der Waals surface area (Å²) in [6.07, 6.45) is 0.881. The molecule has 74 valence electrons. The van der Waals surface area contributed by atoms with Crippen LogP contribution in [0.1, 0.15) is 24.1 Å². The Bertz CT molecular complexity index is 460. The maximum atomic E-state index is 9.16. The minimum atomic E-state index is 0.00690. The molecule has 2 heterocycles. The lowest BCUT2D eigenvalue weighted by Gasteiger charge is -2.02. The molecule has 2 aromatic rings. The van der Waals surface area contributed by atoms with Gasteiger partial charge in [0.25, 0.3) is 0 Å². The first-order valence-corrected chi connectivity index (χ1v) is 4.84. The highest BCUT2D eigenvalue weighted by atomic mass is 16.3. The van der Waals surface area contributed by atoms with Gasteiger partial charge in [-0.2, -0.15) is 0 Å². The van der Waals surface area contributed by atoms with Crippen LogP contribution in [0.2, 0.25) is 0 Å². The fraction of sp³-hybridized carbons (Fsp3) is 0.364. The van der Waals surface area contributed by atoms with Crippen molar-refractivity contribution in [2.24, 2.45) is 0 Å². The topological polar surface area (TPSA) is 37.5 Å². The van der Waals surface area contributed by atoms with Crippen LogP contribution in [-0.4, -0.2) is 14.5 Å². The van der Waals surface area contributed by atoms with Gasteiger partial charge in [-0.15, -0.1) is 0 Å². The lowest BCUT2D eigenvalue weighted by molar-refractivity contribution is 0.279. The highest BCUT2D eigenvalue weighted by molar-refractivity contribution is 5.54. The second-order valence-electron chi connectivity index (χ2n) is 3.37. The molecule has 3 nitrogen and oxygen atoms in total.